The first-order chi connectivity index (χ1) is 6.24. The zero-order valence-corrected chi connectivity index (χ0v) is 8.08. The van der Waals surface area contributed by atoms with E-state index in [-0.39, 0.29) is 5.78 Å². The summed E-state index contributed by atoms with van der Waals surface area (Å²) in [4.78, 5) is 11.4. The minimum Gasteiger partial charge on any atom is -0.289 e. The summed E-state index contributed by atoms with van der Waals surface area (Å²) in [6.07, 6.45) is 4.41. The van der Waals surface area contributed by atoms with Crippen LogP contribution in [0.5, 0.6) is 0 Å². The highest BCUT2D eigenvalue weighted by atomic mass is 16.1. The van der Waals surface area contributed by atoms with Gasteiger partial charge in [0.2, 0.25) is 0 Å². The van der Waals surface area contributed by atoms with E-state index in [0.29, 0.717) is 0 Å². The van der Waals surface area contributed by atoms with Crippen LogP contribution in [0.25, 0.3) is 0 Å². The Morgan fingerprint density at radius 1 is 1.31 bits per heavy atom. The number of aryl methyl sites for hydroxylation is 1. The molecule has 0 heterocycles. The molecule has 0 aromatic heterocycles. The van der Waals surface area contributed by atoms with Gasteiger partial charge in [0, 0.05) is 5.56 Å². The van der Waals surface area contributed by atoms with Crippen molar-refractivity contribution in [3.63, 3.8) is 0 Å². The first kappa shape index (κ1) is 9.72. The molecule has 0 radical (unpaired) electrons. The lowest BCUT2D eigenvalue weighted by Crippen LogP contribution is -1.93. The SMILES string of the molecule is CCC=CC(=O)c1ccc(C)cc1. The average molecular weight is 174 g/mol. The van der Waals surface area contributed by atoms with Gasteiger partial charge in [-0.25, -0.2) is 0 Å². The smallest absolute Gasteiger partial charge is 0.185 e. The van der Waals surface area contributed by atoms with Crippen molar-refractivity contribution in [2.24, 2.45) is 0 Å². The predicted molar refractivity (Wildman–Crippen MR) is 54.9 cm³/mol. The predicted octanol–water partition coefficient (Wildman–Crippen LogP) is 3.14. The van der Waals surface area contributed by atoms with Crippen LogP contribution in [0.2, 0.25) is 0 Å². The number of allylic oxidation sites excluding steroid dienone is 2. The van der Waals surface area contributed by atoms with E-state index >= 15 is 0 Å². The Hall–Kier alpha value is -1.37. The molecular formula is C12H14O. The van der Waals surface area contributed by atoms with Crippen LogP contribution < -0.4 is 0 Å². The summed E-state index contributed by atoms with van der Waals surface area (Å²) in [5.41, 5.74) is 1.94. The maximum Gasteiger partial charge on any atom is 0.185 e. The fourth-order valence-corrected chi connectivity index (χ4v) is 1.04. The second-order valence-electron chi connectivity index (χ2n) is 3.04. The van der Waals surface area contributed by atoms with Crippen LogP contribution in [-0.4, -0.2) is 5.78 Å². The van der Waals surface area contributed by atoms with Gasteiger partial charge in [-0.15, -0.1) is 0 Å². The molecule has 0 saturated heterocycles. The lowest BCUT2D eigenvalue weighted by molar-refractivity contribution is 0.104. The molecule has 1 rings (SSSR count). The number of hydrogen-bond donors (Lipinski definition) is 0. The molecule has 0 fully saturated rings. The topological polar surface area (TPSA) is 17.1 Å². The molecular weight excluding hydrogens is 160 g/mol. The van der Waals surface area contributed by atoms with Gasteiger partial charge in [-0.2, -0.15) is 0 Å². The van der Waals surface area contributed by atoms with Crippen molar-refractivity contribution in [1.82, 2.24) is 0 Å². The summed E-state index contributed by atoms with van der Waals surface area (Å²) < 4.78 is 0. The highest BCUT2D eigenvalue weighted by Gasteiger charge is 1.98. The lowest BCUT2D eigenvalue weighted by atomic mass is 10.1. The van der Waals surface area contributed by atoms with Crippen LogP contribution in [0.1, 0.15) is 29.3 Å². The van der Waals surface area contributed by atoms with Gasteiger partial charge in [-0.3, -0.25) is 4.79 Å². The highest BCUT2D eigenvalue weighted by Crippen LogP contribution is 2.04. The first-order valence-electron chi connectivity index (χ1n) is 4.51. The maximum atomic E-state index is 11.4. The van der Waals surface area contributed by atoms with Crippen LogP contribution in [0.3, 0.4) is 0 Å². The number of benzene rings is 1. The molecule has 0 bridgehead atoms. The van der Waals surface area contributed by atoms with Gasteiger partial charge in [0.15, 0.2) is 5.78 Å². The standard InChI is InChI=1S/C12H14O/c1-3-4-5-12(13)11-8-6-10(2)7-9-11/h4-9H,3H2,1-2H3. The van der Waals surface area contributed by atoms with Crippen molar-refractivity contribution in [2.75, 3.05) is 0 Å². The van der Waals surface area contributed by atoms with Crippen LogP contribution in [0, 0.1) is 6.92 Å². The van der Waals surface area contributed by atoms with Crippen molar-refractivity contribution >= 4 is 5.78 Å². The van der Waals surface area contributed by atoms with E-state index in [4.69, 9.17) is 0 Å². The summed E-state index contributed by atoms with van der Waals surface area (Å²) in [7, 11) is 0. The lowest BCUT2D eigenvalue weighted by Gasteiger charge is -1.95. The zero-order valence-electron chi connectivity index (χ0n) is 8.08. The first-order valence-corrected chi connectivity index (χ1v) is 4.51. The fourth-order valence-electron chi connectivity index (χ4n) is 1.04. The van der Waals surface area contributed by atoms with E-state index in [0.717, 1.165) is 12.0 Å². The zero-order chi connectivity index (χ0) is 9.68. The van der Waals surface area contributed by atoms with Crippen LogP contribution in [0.4, 0.5) is 0 Å². The molecule has 68 valence electrons. The highest BCUT2D eigenvalue weighted by molar-refractivity contribution is 6.04. The Kier molecular flexibility index (Phi) is 3.44. The summed E-state index contributed by atoms with van der Waals surface area (Å²) in [5, 5.41) is 0. The molecule has 0 aliphatic heterocycles. The number of carbonyl (C=O) groups is 1. The Morgan fingerprint density at radius 2 is 1.92 bits per heavy atom. The molecule has 1 aromatic carbocycles. The van der Waals surface area contributed by atoms with Crippen molar-refractivity contribution in [2.45, 2.75) is 20.3 Å². The Bertz CT molecular complexity index is 306. The molecule has 0 atom stereocenters. The number of hydrogen-bond acceptors (Lipinski definition) is 1. The summed E-state index contributed by atoms with van der Waals surface area (Å²) in [6, 6.07) is 7.62. The van der Waals surface area contributed by atoms with Crippen molar-refractivity contribution in [1.29, 1.82) is 0 Å². The molecule has 0 amide bonds. The summed E-state index contributed by atoms with van der Waals surface area (Å²) in [5.74, 6) is 0.0850. The Balaban J connectivity index is 2.78. The quantitative estimate of drug-likeness (QED) is 0.508. The second kappa shape index (κ2) is 4.61. The average Bonchev–Trinajstić information content (AvgIpc) is 2.15. The molecule has 0 N–H and O–H groups in total. The fraction of sp³-hybridized carbons (Fsp3) is 0.250. The minimum atomic E-state index is 0.0850. The van der Waals surface area contributed by atoms with Gasteiger partial charge < -0.3 is 0 Å². The second-order valence-corrected chi connectivity index (χ2v) is 3.04. The van der Waals surface area contributed by atoms with Gasteiger partial charge in [0.05, 0.1) is 0 Å². The molecule has 0 saturated carbocycles. The van der Waals surface area contributed by atoms with E-state index in [2.05, 4.69) is 0 Å². The summed E-state index contributed by atoms with van der Waals surface area (Å²) in [6.45, 7) is 4.02. The van der Waals surface area contributed by atoms with Gasteiger partial charge in [0.25, 0.3) is 0 Å². The number of rotatable bonds is 3. The van der Waals surface area contributed by atoms with Crippen LogP contribution in [-0.2, 0) is 0 Å². The summed E-state index contributed by atoms with van der Waals surface area (Å²) >= 11 is 0. The van der Waals surface area contributed by atoms with E-state index in [1.807, 2.05) is 44.2 Å². The number of ketones is 1. The van der Waals surface area contributed by atoms with Crippen LogP contribution in [0.15, 0.2) is 36.4 Å². The molecule has 0 unspecified atom stereocenters. The monoisotopic (exact) mass is 174 g/mol. The van der Waals surface area contributed by atoms with E-state index in [1.165, 1.54) is 5.56 Å². The van der Waals surface area contributed by atoms with Gasteiger partial charge in [-0.05, 0) is 19.4 Å². The van der Waals surface area contributed by atoms with Crippen LogP contribution >= 0.6 is 0 Å². The van der Waals surface area contributed by atoms with Crippen molar-refractivity contribution in [3.05, 3.63) is 47.5 Å². The molecule has 0 spiro atoms. The molecule has 0 aliphatic rings. The van der Waals surface area contributed by atoms with Crippen molar-refractivity contribution < 1.29 is 4.79 Å². The van der Waals surface area contributed by atoms with Gasteiger partial charge in [0.1, 0.15) is 0 Å². The molecule has 13 heavy (non-hydrogen) atoms. The maximum absolute atomic E-state index is 11.4. The van der Waals surface area contributed by atoms with Gasteiger partial charge in [-0.1, -0.05) is 42.8 Å². The Labute approximate surface area is 79.1 Å². The molecule has 0 aliphatic carbocycles. The number of carbonyl (C=O) groups excluding carboxylic acids is 1. The minimum absolute atomic E-state index is 0.0850. The normalized spacial score (nSPS) is 10.6. The molecule has 1 heteroatoms. The molecule has 1 aromatic rings. The Morgan fingerprint density at radius 3 is 2.46 bits per heavy atom. The van der Waals surface area contributed by atoms with E-state index in [1.54, 1.807) is 6.08 Å². The van der Waals surface area contributed by atoms with E-state index in [9.17, 15) is 4.79 Å². The third kappa shape index (κ3) is 2.86. The van der Waals surface area contributed by atoms with E-state index < -0.39 is 0 Å². The largest absolute Gasteiger partial charge is 0.289 e. The third-order valence-corrected chi connectivity index (χ3v) is 1.84. The third-order valence-electron chi connectivity index (χ3n) is 1.84. The van der Waals surface area contributed by atoms with Gasteiger partial charge >= 0.3 is 0 Å². The molecule has 1 nitrogen and oxygen atoms in total. The van der Waals surface area contributed by atoms with Crippen molar-refractivity contribution in [3.8, 4) is 0 Å².